The molecule has 0 saturated heterocycles. The summed E-state index contributed by atoms with van der Waals surface area (Å²) in [5.41, 5.74) is 3.56. The fourth-order valence-electron chi connectivity index (χ4n) is 3.20. The van der Waals surface area contributed by atoms with E-state index in [4.69, 9.17) is 9.84 Å². The Kier molecular flexibility index (Phi) is 3.41. The van der Waals surface area contributed by atoms with Crippen LogP contribution in [-0.4, -0.2) is 16.9 Å². The number of fused-ring (bicyclic) bond motifs is 3. The lowest BCUT2D eigenvalue weighted by Gasteiger charge is -2.37. The number of hydrogen-bond donors (Lipinski definition) is 0. The molecule has 0 bridgehead atoms. The molecule has 2 aromatic carbocycles. The first kappa shape index (κ1) is 13.8. The van der Waals surface area contributed by atoms with Crippen molar-refractivity contribution in [3.8, 4) is 5.75 Å². The topological polar surface area (TPSA) is 24.8 Å². The largest absolute Gasteiger partial charge is 0.469 e. The van der Waals surface area contributed by atoms with Crippen LogP contribution in [0.4, 0.5) is 0 Å². The van der Waals surface area contributed by atoms with Gasteiger partial charge in [-0.3, -0.25) is 5.01 Å². The van der Waals surface area contributed by atoms with Gasteiger partial charge in [-0.05, 0) is 23.8 Å². The van der Waals surface area contributed by atoms with E-state index in [2.05, 4.69) is 70.3 Å². The van der Waals surface area contributed by atoms with E-state index in [0.717, 1.165) is 28.8 Å². The minimum absolute atomic E-state index is 0.0212. The number of hydrazone groups is 1. The van der Waals surface area contributed by atoms with Crippen LogP contribution < -0.4 is 4.74 Å². The summed E-state index contributed by atoms with van der Waals surface area (Å²) in [7, 11) is 0. The predicted molar refractivity (Wildman–Crippen MR) is 91.0 cm³/mol. The predicted octanol–water partition coefficient (Wildman–Crippen LogP) is 4.73. The highest BCUT2D eigenvalue weighted by atomic mass is 79.9. The Morgan fingerprint density at radius 1 is 1.18 bits per heavy atom. The van der Waals surface area contributed by atoms with Crippen LogP contribution in [0.25, 0.3) is 0 Å². The minimum atomic E-state index is 0.0212. The zero-order chi connectivity index (χ0) is 15.1. The van der Waals surface area contributed by atoms with Crippen LogP contribution in [0.15, 0.2) is 58.1 Å². The summed E-state index contributed by atoms with van der Waals surface area (Å²) in [6.07, 6.45) is 1.87. The number of nitrogens with zero attached hydrogens (tertiary/aromatic N) is 2. The van der Waals surface area contributed by atoms with Crippen molar-refractivity contribution in [1.82, 2.24) is 5.01 Å². The van der Waals surface area contributed by atoms with Crippen molar-refractivity contribution in [2.24, 2.45) is 5.10 Å². The summed E-state index contributed by atoms with van der Waals surface area (Å²) < 4.78 is 7.20. The van der Waals surface area contributed by atoms with Crippen molar-refractivity contribution in [3.05, 3.63) is 64.1 Å². The molecule has 0 aliphatic carbocycles. The van der Waals surface area contributed by atoms with E-state index in [0.29, 0.717) is 0 Å². The van der Waals surface area contributed by atoms with Gasteiger partial charge in [0.05, 0.1) is 11.8 Å². The van der Waals surface area contributed by atoms with Crippen molar-refractivity contribution in [2.75, 3.05) is 0 Å². The van der Waals surface area contributed by atoms with Gasteiger partial charge >= 0.3 is 0 Å². The fourth-order valence-corrected chi connectivity index (χ4v) is 3.46. The molecule has 0 aromatic heterocycles. The molecule has 22 heavy (non-hydrogen) atoms. The number of hydrogen-bond acceptors (Lipinski definition) is 3. The molecule has 0 saturated carbocycles. The molecule has 2 heterocycles. The molecule has 0 fully saturated rings. The molecule has 3 nitrogen and oxygen atoms in total. The van der Waals surface area contributed by atoms with Crippen LogP contribution in [0.3, 0.4) is 0 Å². The van der Waals surface area contributed by atoms with E-state index >= 15 is 0 Å². The molecule has 2 aromatic rings. The van der Waals surface area contributed by atoms with Gasteiger partial charge in [-0.1, -0.05) is 53.2 Å². The Labute approximate surface area is 138 Å². The first-order valence-corrected chi connectivity index (χ1v) is 8.43. The zero-order valence-corrected chi connectivity index (χ0v) is 14.0. The summed E-state index contributed by atoms with van der Waals surface area (Å²) in [5.74, 6) is 1.00. The summed E-state index contributed by atoms with van der Waals surface area (Å²) in [5, 5.41) is 7.01. The van der Waals surface area contributed by atoms with Crippen LogP contribution in [0.5, 0.6) is 5.75 Å². The third-order valence-electron chi connectivity index (χ3n) is 4.30. The molecule has 2 aliphatic rings. The van der Waals surface area contributed by atoms with Gasteiger partial charge in [0.15, 0.2) is 6.23 Å². The SMILES string of the molecule is CC[C@H]1Oc2ccccc2[C@@H]2CC(c3ccc(Br)cc3)=NN12. The van der Waals surface area contributed by atoms with Gasteiger partial charge < -0.3 is 4.74 Å². The van der Waals surface area contributed by atoms with Gasteiger partial charge in [0.2, 0.25) is 0 Å². The first-order valence-electron chi connectivity index (χ1n) is 7.63. The molecule has 0 radical (unpaired) electrons. The normalized spacial score (nSPS) is 22.6. The Hall–Kier alpha value is -1.81. The van der Waals surface area contributed by atoms with E-state index in [1.807, 2.05) is 6.07 Å². The Bertz CT molecular complexity index is 726. The van der Waals surface area contributed by atoms with Gasteiger partial charge in [0.1, 0.15) is 5.75 Å². The minimum Gasteiger partial charge on any atom is -0.469 e. The van der Waals surface area contributed by atoms with Crippen molar-refractivity contribution in [1.29, 1.82) is 0 Å². The summed E-state index contributed by atoms with van der Waals surface area (Å²) >= 11 is 3.49. The summed E-state index contributed by atoms with van der Waals surface area (Å²) in [6.45, 7) is 2.14. The third kappa shape index (κ3) is 2.22. The molecule has 0 spiro atoms. The first-order chi connectivity index (χ1) is 10.8. The molecule has 2 atom stereocenters. The number of rotatable bonds is 2. The van der Waals surface area contributed by atoms with Gasteiger partial charge in [-0.15, -0.1) is 0 Å². The van der Waals surface area contributed by atoms with Crippen molar-refractivity contribution < 1.29 is 4.74 Å². The number of halogens is 1. The zero-order valence-electron chi connectivity index (χ0n) is 12.4. The van der Waals surface area contributed by atoms with Gasteiger partial charge in [-0.2, -0.15) is 5.10 Å². The number of ether oxygens (including phenoxy) is 1. The summed E-state index contributed by atoms with van der Waals surface area (Å²) in [6, 6.07) is 17.0. The molecule has 0 N–H and O–H groups in total. The monoisotopic (exact) mass is 356 g/mol. The molecule has 0 unspecified atom stereocenters. The quantitative estimate of drug-likeness (QED) is 0.776. The lowest BCUT2D eigenvalue weighted by atomic mass is 9.96. The Morgan fingerprint density at radius 3 is 2.73 bits per heavy atom. The van der Waals surface area contributed by atoms with Crippen molar-refractivity contribution >= 4 is 21.6 Å². The highest BCUT2D eigenvalue weighted by Crippen LogP contribution is 2.43. The standard InChI is InChI=1S/C18H17BrN2O/c1-2-18-21-16(14-5-3-4-6-17(14)22-18)11-15(20-21)12-7-9-13(19)10-8-12/h3-10,16,18H,2,11H2,1H3/t16-,18+/m0/s1. The second-order valence-corrected chi connectivity index (χ2v) is 6.59. The molecule has 4 heteroatoms. The molecule has 112 valence electrons. The Balaban J connectivity index is 1.72. The van der Waals surface area contributed by atoms with E-state index in [1.165, 1.54) is 11.1 Å². The number of para-hydroxylation sites is 1. The van der Waals surface area contributed by atoms with Crippen LogP contribution in [-0.2, 0) is 0 Å². The van der Waals surface area contributed by atoms with E-state index in [-0.39, 0.29) is 12.3 Å². The maximum Gasteiger partial charge on any atom is 0.187 e. The maximum atomic E-state index is 6.11. The lowest BCUT2D eigenvalue weighted by molar-refractivity contribution is -0.0188. The molecular formula is C18H17BrN2O. The molecule has 2 aliphatic heterocycles. The van der Waals surface area contributed by atoms with Crippen molar-refractivity contribution in [3.63, 3.8) is 0 Å². The average molecular weight is 357 g/mol. The lowest BCUT2D eigenvalue weighted by Crippen LogP contribution is -2.39. The van der Waals surface area contributed by atoms with Crippen LogP contribution >= 0.6 is 15.9 Å². The maximum absolute atomic E-state index is 6.11. The smallest absolute Gasteiger partial charge is 0.187 e. The third-order valence-corrected chi connectivity index (χ3v) is 4.83. The fraction of sp³-hybridized carbons (Fsp3) is 0.278. The van der Waals surface area contributed by atoms with E-state index in [1.54, 1.807) is 0 Å². The van der Waals surface area contributed by atoms with Crippen LogP contribution in [0.1, 0.15) is 36.9 Å². The van der Waals surface area contributed by atoms with Crippen LogP contribution in [0.2, 0.25) is 0 Å². The molecular weight excluding hydrogens is 340 g/mol. The van der Waals surface area contributed by atoms with E-state index < -0.39 is 0 Å². The Morgan fingerprint density at radius 2 is 1.95 bits per heavy atom. The highest BCUT2D eigenvalue weighted by Gasteiger charge is 2.39. The van der Waals surface area contributed by atoms with Gasteiger partial charge in [-0.25, -0.2) is 0 Å². The second kappa shape index (κ2) is 5.43. The highest BCUT2D eigenvalue weighted by molar-refractivity contribution is 9.10. The van der Waals surface area contributed by atoms with Gasteiger partial charge in [0.25, 0.3) is 0 Å². The number of benzene rings is 2. The summed E-state index contributed by atoms with van der Waals surface area (Å²) in [4.78, 5) is 0. The second-order valence-electron chi connectivity index (χ2n) is 5.67. The van der Waals surface area contributed by atoms with E-state index in [9.17, 15) is 0 Å². The molecule has 4 rings (SSSR count). The average Bonchev–Trinajstić information content (AvgIpc) is 3.00. The molecule has 0 amide bonds. The van der Waals surface area contributed by atoms with Crippen molar-refractivity contribution in [2.45, 2.75) is 32.0 Å². The van der Waals surface area contributed by atoms with Crippen LogP contribution in [0, 0.1) is 0 Å². The van der Waals surface area contributed by atoms with Gasteiger partial charge in [0, 0.05) is 22.9 Å².